The zero-order valence-corrected chi connectivity index (χ0v) is 23.1. The Labute approximate surface area is 237 Å². The molecule has 0 spiro atoms. The Hall–Kier alpha value is -4.64. The minimum atomic E-state index is -0.264. The molecule has 3 aliphatic heterocycles. The largest absolute Gasteiger partial charge is 0.492 e. The molecule has 11 heteroatoms. The fourth-order valence-corrected chi connectivity index (χ4v) is 6.04. The number of para-hydroxylation sites is 1. The fourth-order valence-electron chi connectivity index (χ4n) is 6.04. The summed E-state index contributed by atoms with van der Waals surface area (Å²) >= 11 is 0. The molecule has 0 N–H and O–H groups in total. The van der Waals surface area contributed by atoms with Crippen molar-refractivity contribution < 1.29 is 19.0 Å². The van der Waals surface area contributed by atoms with Crippen molar-refractivity contribution in [2.75, 3.05) is 58.6 Å². The lowest BCUT2D eigenvalue weighted by Gasteiger charge is -2.36. The van der Waals surface area contributed by atoms with Gasteiger partial charge in [-0.2, -0.15) is 4.68 Å². The van der Waals surface area contributed by atoms with Crippen LogP contribution in [0.5, 0.6) is 17.2 Å². The maximum Gasteiger partial charge on any atom is 0.253 e. The van der Waals surface area contributed by atoms with Gasteiger partial charge in [0.1, 0.15) is 6.04 Å². The first-order valence-electron chi connectivity index (χ1n) is 13.8. The molecule has 210 valence electrons. The standard InChI is InChI=1S/C30H31N7O4/c1-34-13-12-21-18-24-27(41-19-40-24)28(39-2)25(21)26(34)29-31-32-33-37(29)23-10-8-20(9-11-23)30(38)36-16-14-35(15-17-36)22-6-4-3-5-7-22/h3-11,18,26H,12-17,19H2,1-2H3. The van der Waals surface area contributed by atoms with E-state index in [-0.39, 0.29) is 18.7 Å². The summed E-state index contributed by atoms with van der Waals surface area (Å²) in [4.78, 5) is 19.8. The van der Waals surface area contributed by atoms with E-state index in [9.17, 15) is 4.79 Å². The number of piperazine rings is 1. The number of nitrogens with zero attached hydrogens (tertiary/aromatic N) is 7. The number of hydrogen-bond acceptors (Lipinski definition) is 9. The molecule has 1 aromatic heterocycles. The predicted molar refractivity (Wildman–Crippen MR) is 151 cm³/mol. The van der Waals surface area contributed by atoms with E-state index in [4.69, 9.17) is 14.2 Å². The first-order valence-corrected chi connectivity index (χ1v) is 13.8. The van der Waals surface area contributed by atoms with Gasteiger partial charge in [-0.05, 0) is 71.9 Å². The van der Waals surface area contributed by atoms with Crippen LogP contribution in [-0.4, -0.2) is 89.6 Å². The Balaban J connectivity index is 1.13. The number of fused-ring (bicyclic) bond motifs is 2. The van der Waals surface area contributed by atoms with Crippen molar-refractivity contribution in [2.45, 2.75) is 12.5 Å². The monoisotopic (exact) mass is 553 g/mol. The van der Waals surface area contributed by atoms with Crippen LogP contribution in [0.25, 0.3) is 5.69 Å². The average Bonchev–Trinajstić information content (AvgIpc) is 3.70. The normalized spacial score (nSPS) is 18.3. The van der Waals surface area contributed by atoms with Gasteiger partial charge in [0.2, 0.25) is 12.5 Å². The molecule has 1 saturated heterocycles. The lowest BCUT2D eigenvalue weighted by Crippen LogP contribution is -2.48. The maximum absolute atomic E-state index is 13.3. The van der Waals surface area contributed by atoms with E-state index in [0.717, 1.165) is 42.9 Å². The molecule has 4 aromatic rings. The van der Waals surface area contributed by atoms with E-state index >= 15 is 0 Å². The van der Waals surface area contributed by atoms with Gasteiger partial charge in [0.05, 0.1) is 12.8 Å². The second-order valence-corrected chi connectivity index (χ2v) is 10.5. The number of likely N-dealkylation sites (N-methyl/N-ethyl adjacent to an activating group) is 1. The van der Waals surface area contributed by atoms with Crippen LogP contribution in [-0.2, 0) is 6.42 Å². The number of ether oxygens (including phenoxy) is 3. The van der Waals surface area contributed by atoms with Crippen LogP contribution in [0.1, 0.15) is 33.4 Å². The summed E-state index contributed by atoms with van der Waals surface area (Å²) in [6.45, 7) is 3.96. The quantitative estimate of drug-likeness (QED) is 0.370. The Morgan fingerprint density at radius 2 is 1.73 bits per heavy atom. The molecule has 0 aliphatic carbocycles. The molecule has 1 fully saturated rings. The van der Waals surface area contributed by atoms with E-state index in [1.807, 2.05) is 53.4 Å². The minimum absolute atomic E-state index is 0.0305. The van der Waals surface area contributed by atoms with Crippen molar-refractivity contribution in [1.29, 1.82) is 0 Å². The van der Waals surface area contributed by atoms with Gasteiger partial charge in [0.15, 0.2) is 17.3 Å². The lowest BCUT2D eigenvalue weighted by atomic mass is 9.90. The fraction of sp³-hybridized carbons (Fsp3) is 0.333. The number of carbonyl (C=O) groups excluding carboxylic acids is 1. The van der Waals surface area contributed by atoms with Crippen molar-refractivity contribution >= 4 is 11.6 Å². The highest BCUT2D eigenvalue weighted by Gasteiger charge is 2.37. The summed E-state index contributed by atoms with van der Waals surface area (Å²) in [5, 5.41) is 12.8. The minimum Gasteiger partial charge on any atom is -0.492 e. The molecule has 1 unspecified atom stereocenters. The van der Waals surface area contributed by atoms with E-state index < -0.39 is 0 Å². The first kappa shape index (κ1) is 25.3. The number of carbonyl (C=O) groups is 1. The van der Waals surface area contributed by atoms with Crippen molar-refractivity contribution in [3.05, 3.63) is 83.2 Å². The summed E-state index contributed by atoms with van der Waals surface area (Å²) in [6, 6.07) is 19.6. The van der Waals surface area contributed by atoms with Crippen LogP contribution in [0.2, 0.25) is 0 Å². The van der Waals surface area contributed by atoms with E-state index in [2.05, 4.69) is 44.5 Å². The van der Waals surface area contributed by atoms with Crippen LogP contribution < -0.4 is 19.1 Å². The van der Waals surface area contributed by atoms with Gasteiger partial charge >= 0.3 is 0 Å². The van der Waals surface area contributed by atoms with Crippen LogP contribution in [0.15, 0.2) is 60.7 Å². The van der Waals surface area contributed by atoms with Gasteiger partial charge in [0, 0.05) is 49.5 Å². The van der Waals surface area contributed by atoms with Gasteiger partial charge in [-0.1, -0.05) is 18.2 Å². The molecule has 7 rings (SSSR count). The highest BCUT2D eigenvalue weighted by molar-refractivity contribution is 5.94. The number of methoxy groups -OCH3 is 1. The predicted octanol–water partition coefficient (Wildman–Crippen LogP) is 2.94. The Bertz CT molecular complexity index is 1570. The third-order valence-corrected chi connectivity index (χ3v) is 8.18. The summed E-state index contributed by atoms with van der Waals surface area (Å²) in [5.74, 6) is 2.64. The van der Waals surface area contributed by atoms with Gasteiger partial charge in [-0.3, -0.25) is 9.69 Å². The van der Waals surface area contributed by atoms with E-state index in [0.29, 0.717) is 41.7 Å². The Morgan fingerprint density at radius 3 is 2.49 bits per heavy atom. The second kappa shape index (κ2) is 10.4. The SMILES string of the molecule is COc1c2c(cc3c1C(c1nnnn1-c1ccc(C(=O)N4CCN(c5ccccc5)CC4)cc1)N(C)CC3)OCO2. The molecule has 1 amide bonds. The number of anilines is 1. The maximum atomic E-state index is 13.3. The van der Waals surface area contributed by atoms with Gasteiger partial charge < -0.3 is 24.0 Å². The second-order valence-electron chi connectivity index (χ2n) is 10.5. The topological polar surface area (TPSA) is 98.1 Å². The molecule has 41 heavy (non-hydrogen) atoms. The third kappa shape index (κ3) is 4.42. The lowest BCUT2D eigenvalue weighted by molar-refractivity contribution is 0.0747. The van der Waals surface area contributed by atoms with E-state index in [1.165, 1.54) is 5.69 Å². The summed E-state index contributed by atoms with van der Waals surface area (Å²) in [5.41, 5.74) is 4.71. The summed E-state index contributed by atoms with van der Waals surface area (Å²) in [6.07, 6.45) is 0.841. The zero-order chi connectivity index (χ0) is 27.9. The molecule has 1 atom stereocenters. The van der Waals surface area contributed by atoms with Crippen LogP contribution >= 0.6 is 0 Å². The Morgan fingerprint density at radius 1 is 0.951 bits per heavy atom. The molecule has 0 radical (unpaired) electrons. The van der Waals surface area contributed by atoms with Gasteiger partial charge in [0.25, 0.3) is 5.91 Å². The summed E-state index contributed by atoms with van der Waals surface area (Å²) in [7, 11) is 3.69. The zero-order valence-electron chi connectivity index (χ0n) is 23.1. The van der Waals surface area contributed by atoms with Crippen molar-refractivity contribution in [3.8, 4) is 22.9 Å². The van der Waals surface area contributed by atoms with Crippen molar-refractivity contribution in [1.82, 2.24) is 30.0 Å². The highest BCUT2D eigenvalue weighted by atomic mass is 16.7. The molecule has 0 saturated carbocycles. The smallest absolute Gasteiger partial charge is 0.253 e. The molecular formula is C30H31N7O4. The molecular weight excluding hydrogens is 522 g/mol. The molecule has 11 nitrogen and oxygen atoms in total. The number of tetrazole rings is 1. The number of hydrogen-bond donors (Lipinski definition) is 0. The number of amides is 1. The number of rotatable bonds is 5. The first-order chi connectivity index (χ1) is 20.1. The van der Waals surface area contributed by atoms with Gasteiger partial charge in [-0.15, -0.1) is 5.10 Å². The average molecular weight is 554 g/mol. The van der Waals surface area contributed by atoms with E-state index in [1.54, 1.807) is 11.8 Å². The Kier molecular flexibility index (Phi) is 6.43. The third-order valence-electron chi connectivity index (χ3n) is 8.18. The molecule has 4 heterocycles. The van der Waals surface area contributed by atoms with Gasteiger partial charge in [-0.25, -0.2) is 0 Å². The van der Waals surface area contributed by atoms with Crippen LogP contribution in [0.3, 0.4) is 0 Å². The van der Waals surface area contributed by atoms with Crippen molar-refractivity contribution in [2.24, 2.45) is 0 Å². The molecule has 0 bridgehead atoms. The molecule has 3 aromatic carbocycles. The molecule has 3 aliphatic rings. The summed E-state index contributed by atoms with van der Waals surface area (Å²) < 4.78 is 19.0. The van der Waals surface area contributed by atoms with Crippen LogP contribution in [0.4, 0.5) is 5.69 Å². The van der Waals surface area contributed by atoms with Crippen molar-refractivity contribution in [3.63, 3.8) is 0 Å². The number of aromatic nitrogens is 4. The van der Waals surface area contributed by atoms with Crippen LogP contribution in [0, 0.1) is 0 Å². The number of benzene rings is 3. The highest BCUT2D eigenvalue weighted by Crippen LogP contribution is 2.50.